The molecule has 0 bridgehead atoms. The molecule has 1 aromatic heterocycles. The lowest BCUT2D eigenvalue weighted by Gasteiger charge is -2.06. The first-order chi connectivity index (χ1) is 6.89. The van der Waals surface area contributed by atoms with E-state index in [1.54, 1.807) is 6.92 Å². The second kappa shape index (κ2) is 3.11. The van der Waals surface area contributed by atoms with Gasteiger partial charge in [0.25, 0.3) is 10.0 Å². The molecule has 1 aliphatic rings. The van der Waals surface area contributed by atoms with E-state index in [1.807, 2.05) is 13.0 Å². The first-order valence-electron chi connectivity index (χ1n) is 4.44. The molecule has 0 spiro atoms. The predicted octanol–water partition coefficient (Wildman–Crippen LogP) is 0.360. The number of hydrogen-bond acceptors (Lipinski definition) is 4. The van der Waals surface area contributed by atoms with Crippen molar-refractivity contribution >= 4 is 15.7 Å². The Balaban J connectivity index is 2.77. The van der Waals surface area contributed by atoms with Gasteiger partial charge in [-0.25, -0.2) is 18.5 Å². The summed E-state index contributed by atoms with van der Waals surface area (Å²) in [6, 6.07) is 1.83. The average Bonchev–Trinajstić information content (AvgIpc) is 2.45. The highest BCUT2D eigenvalue weighted by Gasteiger charge is 2.23. The molecule has 0 aromatic carbocycles. The molecule has 5 nitrogen and oxygen atoms in total. The zero-order valence-electron chi connectivity index (χ0n) is 8.48. The molecule has 2 rings (SSSR count). The lowest BCUT2D eigenvalue weighted by molar-refractivity contribution is 0.592. The van der Waals surface area contributed by atoms with Crippen LogP contribution in [0.4, 0.5) is 0 Å². The molecular weight excluding hydrogens is 214 g/mol. The molecule has 2 N–H and O–H groups in total. The van der Waals surface area contributed by atoms with Crippen molar-refractivity contribution in [2.24, 2.45) is 10.1 Å². The van der Waals surface area contributed by atoms with E-state index in [4.69, 9.17) is 5.14 Å². The van der Waals surface area contributed by atoms with Crippen molar-refractivity contribution in [3.8, 4) is 0 Å². The summed E-state index contributed by atoms with van der Waals surface area (Å²) in [5, 5.41) is 5.06. The maximum absolute atomic E-state index is 11.3. The van der Waals surface area contributed by atoms with Crippen LogP contribution in [-0.2, 0) is 16.6 Å². The molecule has 0 aliphatic carbocycles. The molecule has 0 unspecified atom stereocenters. The second-order valence-corrected chi connectivity index (χ2v) is 5.02. The maximum Gasteiger partial charge on any atom is 0.255 e. The van der Waals surface area contributed by atoms with E-state index < -0.39 is 10.0 Å². The largest absolute Gasteiger partial charge is 0.285 e. The van der Waals surface area contributed by atoms with Crippen LogP contribution in [0.25, 0.3) is 0 Å². The Kier molecular flexibility index (Phi) is 2.13. The van der Waals surface area contributed by atoms with Gasteiger partial charge in [-0.05, 0) is 19.9 Å². The van der Waals surface area contributed by atoms with Crippen LogP contribution >= 0.6 is 0 Å². The van der Waals surface area contributed by atoms with Crippen LogP contribution in [0.2, 0.25) is 0 Å². The van der Waals surface area contributed by atoms with Gasteiger partial charge in [-0.3, -0.25) is 4.99 Å². The summed E-state index contributed by atoms with van der Waals surface area (Å²) >= 11 is 0. The van der Waals surface area contributed by atoms with Gasteiger partial charge in [0.15, 0.2) is 5.03 Å². The SMILES string of the molecule is CC1=NCc2c1cc(C)nc2S(N)(=O)=O. The Hall–Kier alpha value is -1.27. The number of aromatic nitrogens is 1. The van der Waals surface area contributed by atoms with Crippen LogP contribution in [0.1, 0.15) is 23.7 Å². The fourth-order valence-corrected chi connectivity index (χ4v) is 2.45. The van der Waals surface area contributed by atoms with Gasteiger partial charge in [0.1, 0.15) is 0 Å². The molecule has 2 heterocycles. The molecular formula is C9H11N3O2S. The zero-order chi connectivity index (χ0) is 11.2. The van der Waals surface area contributed by atoms with Gasteiger partial charge in [0, 0.05) is 22.5 Å². The highest BCUT2D eigenvalue weighted by Crippen LogP contribution is 2.24. The van der Waals surface area contributed by atoms with Crippen molar-refractivity contribution in [3.05, 3.63) is 22.9 Å². The Labute approximate surface area is 88.1 Å². The van der Waals surface area contributed by atoms with Crippen LogP contribution in [-0.4, -0.2) is 19.1 Å². The van der Waals surface area contributed by atoms with E-state index >= 15 is 0 Å². The van der Waals surface area contributed by atoms with Crippen molar-refractivity contribution in [2.45, 2.75) is 25.4 Å². The number of nitrogens with two attached hydrogens (primary N) is 1. The molecule has 0 atom stereocenters. The van der Waals surface area contributed by atoms with Crippen molar-refractivity contribution in [1.29, 1.82) is 0 Å². The van der Waals surface area contributed by atoms with Crippen LogP contribution in [0, 0.1) is 6.92 Å². The number of primary sulfonamides is 1. The molecule has 0 saturated heterocycles. The van der Waals surface area contributed by atoms with E-state index in [2.05, 4.69) is 9.98 Å². The van der Waals surface area contributed by atoms with Crippen molar-refractivity contribution < 1.29 is 8.42 Å². The predicted molar refractivity (Wildman–Crippen MR) is 56.3 cm³/mol. The molecule has 6 heteroatoms. The Morgan fingerprint density at radius 3 is 2.67 bits per heavy atom. The molecule has 0 radical (unpaired) electrons. The van der Waals surface area contributed by atoms with Gasteiger partial charge in [0.05, 0.1) is 6.54 Å². The summed E-state index contributed by atoms with van der Waals surface area (Å²) in [6.07, 6.45) is 0. The van der Waals surface area contributed by atoms with Gasteiger partial charge in [-0.1, -0.05) is 0 Å². The summed E-state index contributed by atoms with van der Waals surface area (Å²) in [5.74, 6) is 0. The lowest BCUT2D eigenvalue weighted by atomic mass is 10.1. The van der Waals surface area contributed by atoms with Crippen LogP contribution in [0.3, 0.4) is 0 Å². The van der Waals surface area contributed by atoms with Crippen LogP contribution < -0.4 is 5.14 Å². The van der Waals surface area contributed by atoms with E-state index in [0.29, 0.717) is 17.8 Å². The number of rotatable bonds is 1. The summed E-state index contributed by atoms with van der Waals surface area (Å²) in [5.41, 5.74) is 2.92. The molecule has 0 saturated carbocycles. The third-order valence-electron chi connectivity index (χ3n) is 2.35. The second-order valence-electron chi connectivity index (χ2n) is 3.54. The maximum atomic E-state index is 11.3. The van der Waals surface area contributed by atoms with E-state index in [9.17, 15) is 8.42 Å². The number of sulfonamides is 1. The van der Waals surface area contributed by atoms with Gasteiger partial charge >= 0.3 is 0 Å². The van der Waals surface area contributed by atoms with Crippen molar-refractivity contribution in [3.63, 3.8) is 0 Å². The topological polar surface area (TPSA) is 85.4 Å². The Morgan fingerprint density at radius 2 is 2.07 bits per heavy atom. The van der Waals surface area contributed by atoms with Crippen LogP contribution in [0.5, 0.6) is 0 Å². The molecule has 0 amide bonds. The highest BCUT2D eigenvalue weighted by atomic mass is 32.2. The van der Waals surface area contributed by atoms with Gasteiger partial charge in [-0.2, -0.15) is 0 Å². The highest BCUT2D eigenvalue weighted by molar-refractivity contribution is 7.89. The smallest absolute Gasteiger partial charge is 0.255 e. The number of nitrogens with zero attached hydrogens (tertiary/aromatic N) is 2. The third-order valence-corrected chi connectivity index (χ3v) is 3.22. The normalized spacial score (nSPS) is 15.0. The standard InChI is InChI=1S/C9H11N3O2S/c1-5-3-7-6(2)11-4-8(7)9(12-5)15(10,13)14/h3H,4H2,1-2H3,(H2,10,13,14). The third kappa shape index (κ3) is 1.66. The molecule has 80 valence electrons. The quantitative estimate of drug-likeness (QED) is 0.748. The minimum absolute atomic E-state index is 0.0434. The minimum atomic E-state index is -3.76. The molecule has 1 aromatic rings. The van der Waals surface area contributed by atoms with E-state index in [-0.39, 0.29) is 5.03 Å². The zero-order valence-corrected chi connectivity index (χ0v) is 9.30. The summed E-state index contributed by atoms with van der Waals surface area (Å²) in [4.78, 5) is 8.14. The number of aryl methyl sites for hydroxylation is 1. The Bertz CT molecular complexity index is 561. The summed E-state index contributed by atoms with van der Waals surface area (Å²) < 4.78 is 22.6. The number of fused-ring (bicyclic) bond motifs is 1. The summed E-state index contributed by atoms with van der Waals surface area (Å²) in [6.45, 7) is 3.93. The lowest BCUT2D eigenvalue weighted by Crippen LogP contribution is -2.17. The van der Waals surface area contributed by atoms with E-state index in [1.165, 1.54) is 0 Å². The summed E-state index contributed by atoms with van der Waals surface area (Å²) in [7, 11) is -3.76. The minimum Gasteiger partial charge on any atom is -0.285 e. The number of aliphatic imine (C=N–C) groups is 1. The number of hydrogen-bond donors (Lipinski definition) is 1. The molecule has 1 aliphatic heterocycles. The van der Waals surface area contributed by atoms with Crippen molar-refractivity contribution in [1.82, 2.24) is 4.98 Å². The van der Waals surface area contributed by atoms with Gasteiger partial charge < -0.3 is 0 Å². The van der Waals surface area contributed by atoms with Crippen LogP contribution in [0.15, 0.2) is 16.1 Å². The fourth-order valence-electron chi connectivity index (χ4n) is 1.66. The number of pyridine rings is 1. The monoisotopic (exact) mass is 225 g/mol. The molecule has 15 heavy (non-hydrogen) atoms. The van der Waals surface area contributed by atoms with Crippen molar-refractivity contribution in [2.75, 3.05) is 0 Å². The first kappa shape index (κ1) is 10.3. The van der Waals surface area contributed by atoms with Gasteiger partial charge in [0.2, 0.25) is 0 Å². The molecule has 0 fully saturated rings. The van der Waals surface area contributed by atoms with E-state index in [0.717, 1.165) is 11.3 Å². The Morgan fingerprint density at radius 1 is 1.40 bits per heavy atom. The fraction of sp³-hybridized carbons (Fsp3) is 0.333. The first-order valence-corrected chi connectivity index (χ1v) is 5.99. The average molecular weight is 225 g/mol. The van der Waals surface area contributed by atoms with Gasteiger partial charge in [-0.15, -0.1) is 0 Å².